The van der Waals surface area contributed by atoms with Crippen molar-refractivity contribution in [1.29, 1.82) is 0 Å². The normalized spacial score (nSPS) is 19.2. The standard InChI is InChI=1S/C24H31N3O3S2/c1-14(2)22(26-16(4)28)24(31)27-12-19(29)11-20(27)21(30)10-7-17-5-8-18(9-6-17)23-15(3)25-13-32-23/h5-6,8-9,13-14,19-20,22,29H,7,10-12H2,1-4H3,(H,26,28)/t19-,20?,22+/m1/s1. The van der Waals surface area contributed by atoms with Crippen molar-refractivity contribution in [3.63, 3.8) is 0 Å². The van der Waals surface area contributed by atoms with E-state index in [1.165, 1.54) is 6.92 Å². The second-order valence-corrected chi connectivity index (χ2v) is 10.0. The van der Waals surface area contributed by atoms with Crippen LogP contribution in [0, 0.1) is 12.8 Å². The minimum atomic E-state index is -0.603. The molecule has 3 atom stereocenters. The third kappa shape index (κ3) is 5.79. The number of amides is 1. The highest BCUT2D eigenvalue weighted by Crippen LogP contribution is 2.28. The van der Waals surface area contributed by atoms with E-state index in [1.54, 1.807) is 11.3 Å². The lowest BCUT2D eigenvalue weighted by molar-refractivity contribution is -0.122. The van der Waals surface area contributed by atoms with Gasteiger partial charge in [-0.3, -0.25) is 9.59 Å². The Balaban J connectivity index is 1.64. The maximum Gasteiger partial charge on any atom is 0.217 e. The van der Waals surface area contributed by atoms with Crippen LogP contribution in [0.2, 0.25) is 0 Å². The zero-order chi connectivity index (χ0) is 23.4. The number of nitrogens with zero attached hydrogens (tertiary/aromatic N) is 2. The van der Waals surface area contributed by atoms with Gasteiger partial charge in [0.15, 0.2) is 5.78 Å². The van der Waals surface area contributed by atoms with Crippen LogP contribution in [0.4, 0.5) is 0 Å². The third-order valence-electron chi connectivity index (χ3n) is 5.85. The number of aryl methyl sites for hydroxylation is 2. The number of carbonyl (C=O) groups is 2. The number of benzene rings is 1. The number of aromatic nitrogens is 1. The summed E-state index contributed by atoms with van der Waals surface area (Å²) in [6.45, 7) is 7.74. The minimum absolute atomic E-state index is 0.0663. The molecule has 0 saturated carbocycles. The molecular weight excluding hydrogens is 442 g/mol. The number of aliphatic hydroxyl groups is 1. The van der Waals surface area contributed by atoms with Crippen LogP contribution in [0.25, 0.3) is 10.4 Å². The maximum absolute atomic E-state index is 13.1. The molecule has 1 amide bonds. The number of thiocarbonyl (C=S) groups is 1. The number of aliphatic hydroxyl groups excluding tert-OH is 1. The fourth-order valence-corrected chi connectivity index (χ4v) is 5.45. The van der Waals surface area contributed by atoms with Crippen LogP contribution in [0.1, 0.15) is 44.9 Å². The van der Waals surface area contributed by atoms with E-state index in [0.717, 1.165) is 21.7 Å². The van der Waals surface area contributed by atoms with Crippen LogP contribution in [0.3, 0.4) is 0 Å². The van der Waals surface area contributed by atoms with E-state index in [1.807, 2.05) is 31.2 Å². The zero-order valence-electron chi connectivity index (χ0n) is 19.0. The number of hydrogen-bond donors (Lipinski definition) is 2. The van der Waals surface area contributed by atoms with Gasteiger partial charge in [-0.1, -0.05) is 50.3 Å². The molecule has 8 heteroatoms. The Kier molecular flexibility index (Phi) is 8.14. The average Bonchev–Trinajstić information content (AvgIpc) is 3.35. The second-order valence-electron chi connectivity index (χ2n) is 8.75. The number of Topliss-reactive ketones (excluding diaryl/α,β-unsaturated/α-hetero) is 1. The first-order valence-corrected chi connectivity index (χ1v) is 12.2. The van der Waals surface area contributed by atoms with Crippen molar-refractivity contribution >= 4 is 40.2 Å². The molecule has 2 N–H and O–H groups in total. The fourth-order valence-electron chi connectivity index (χ4n) is 4.11. The molecule has 1 aliphatic rings. The van der Waals surface area contributed by atoms with Gasteiger partial charge in [0.25, 0.3) is 0 Å². The molecule has 1 saturated heterocycles. The Morgan fingerprint density at radius 2 is 2.00 bits per heavy atom. The summed E-state index contributed by atoms with van der Waals surface area (Å²) < 4.78 is 0. The van der Waals surface area contributed by atoms with Crippen molar-refractivity contribution in [3.05, 3.63) is 41.0 Å². The topological polar surface area (TPSA) is 82.5 Å². The Hall–Kier alpha value is -2.16. The number of rotatable bonds is 8. The van der Waals surface area contributed by atoms with Gasteiger partial charge >= 0.3 is 0 Å². The summed E-state index contributed by atoms with van der Waals surface area (Å²) in [5, 5.41) is 13.1. The molecule has 3 rings (SSSR count). The number of carbonyl (C=O) groups excluding carboxylic acids is 2. The summed E-state index contributed by atoms with van der Waals surface area (Å²) in [5.41, 5.74) is 5.09. The first kappa shape index (κ1) is 24.5. The van der Waals surface area contributed by atoms with Crippen molar-refractivity contribution in [2.75, 3.05) is 6.54 Å². The molecule has 0 aliphatic carbocycles. The van der Waals surface area contributed by atoms with Crippen LogP contribution in [0.15, 0.2) is 29.8 Å². The SMILES string of the molecule is CC(=O)N[C@H](C(=S)N1C[C@H](O)CC1C(=O)CCc1ccc(-c2scnc2C)cc1)C(C)C. The molecule has 172 valence electrons. The van der Waals surface area contributed by atoms with Crippen LogP contribution in [-0.4, -0.2) is 56.4 Å². The lowest BCUT2D eigenvalue weighted by atomic mass is 9.99. The highest BCUT2D eigenvalue weighted by molar-refractivity contribution is 7.80. The molecule has 2 heterocycles. The molecule has 1 aromatic carbocycles. The molecule has 1 fully saturated rings. The summed E-state index contributed by atoms with van der Waals surface area (Å²) in [7, 11) is 0. The second kappa shape index (κ2) is 10.6. The number of hydrogen-bond acceptors (Lipinski definition) is 6. The zero-order valence-corrected chi connectivity index (χ0v) is 20.6. The molecule has 0 bridgehead atoms. The Morgan fingerprint density at radius 1 is 1.31 bits per heavy atom. The summed E-state index contributed by atoms with van der Waals surface area (Å²) in [5.74, 6) is -0.0113. The quantitative estimate of drug-likeness (QED) is 0.571. The van der Waals surface area contributed by atoms with Crippen molar-refractivity contribution in [3.8, 4) is 10.4 Å². The van der Waals surface area contributed by atoms with E-state index in [2.05, 4.69) is 34.6 Å². The Bertz CT molecular complexity index is 971. The van der Waals surface area contributed by atoms with Gasteiger partial charge in [0.05, 0.1) is 34.3 Å². The molecule has 32 heavy (non-hydrogen) atoms. The van der Waals surface area contributed by atoms with Crippen LogP contribution >= 0.6 is 23.6 Å². The van der Waals surface area contributed by atoms with Crippen molar-refractivity contribution in [1.82, 2.24) is 15.2 Å². The summed E-state index contributed by atoms with van der Waals surface area (Å²) >= 11 is 7.29. The lowest BCUT2D eigenvalue weighted by Gasteiger charge is -2.33. The maximum atomic E-state index is 13.1. The average molecular weight is 474 g/mol. The molecule has 1 aromatic heterocycles. The predicted molar refractivity (Wildman–Crippen MR) is 132 cm³/mol. The van der Waals surface area contributed by atoms with E-state index < -0.39 is 12.1 Å². The molecule has 1 aliphatic heterocycles. The van der Waals surface area contributed by atoms with Crippen molar-refractivity contribution in [2.24, 2.45) is 5.92 Å². The molecule has 0 radical (unpaired) electrons. The van der Waals surface area contributed by atoms with Gasteiger partial charge in [-0.15, -0.1) is 11.3 Å². The lowest BCUT2D eigenvalue weighted by Crippen LogP contribution is -2.52. The smallest absolute Gasteiger partial charge is 0.217 e. The monoisotopic (exact) mass is 473 g/mol. The largest absolute Gasteiger partial charge is 0.391 e. The predicted octanol–water partition coefficient (Wildman–Crippen LogP) is 3.54. The number of ketones is 1. The van der Waals surface area contributed by atoms with Gasteiger partial charge in [-0.2, -0.15) is 0 Å². The molecule has 1 unspecified atom stereocenters. The highest BCUT2D eigenvalue weighted by atomic mass is 32.1. The molecular formula is C24H31N3O3S2. The molecule has 6 nitrogen and oxygen atoms in total. The fraction of sp³-hybridized carbons (Fsp3) is 0.500. The first-order chi connectivity index (χ1) is 15.2. The number of nitrogens with one attached hydrogen (secondary N) is 1. The number of β-amino-alcohol motifs (C(OH)–C–C–N with tert-alkyl or cyclic N) is 1. The Labute approximate surface area is 199 Å². The van der Waals surface area contributed by atoms with Crippen LogP contribution in [-0.2, 0) is 16.0 Å². The first-order valence-electron chi connectivity index (χ1n) is 10.9. The van der Waals surface area contributed by atoms with E-state index >= 15 is 0 Å². The van der Waals surface area contributed by atoms with Crippen LogP contribution in [0.5, 0.6) is 0 Å². The highest BCUT2D eigenvalue weighted by Gasteiger charge is 2.39. The van der Waals surface area contributed by atoms with Gasteiger partial charge < -0.3 is 15.3 Å². The Morgan fingerprint density at radius 3 is 2.56 bits per heavy atom. The molecule has 2 aromatic rings. The van der Waals surface area contributed by atoms with Crippen molar-refractivity contribution < 1.29 is 14.7 Å². The summed E-state index contributed by atoms with van der Waals surface area (Å²) in [6, 6.07) is 7.46. The molecule has 0 spiro atoms. The summed E-state index contributed by atoms with van der Waals surface area (Å²) in [4.78, 5) is 32.5. The summed E-state index contributed by atoms with van der Waals surface area (Å²) in [6.07, 6.45) is 0.775. The van der Waals surface area contributed by atoms with Gasteiger partial charge in [0.2, 0.25) is 5.91 Å². The van der Waals surface area contributed by atoms with E-state index in [0.29, 0.717) is 30.8 Å². The van der Waals surface area contributed by atoms with Gasteiger partial charge in [0.1, 0.15) is 4.99 Å². The number of likely N-dealkylation sites (tertiary alicyclic amines) is 1. The van der Waals surface area contributed by atoms with Gasteiger partial charge in [-0.25, -0.2) is 4.98 Å². The van der Waals surface area contributed by atoms with Gasteiger partial charge in [-0.05, 0) is 30.4 Å². The van der Waals surface area contributed by atoms with Crippen LogP contribution < -0.4 is 5.32 Å². The van der Waals surface area contributed by atoms with E-state index in [-0.39, 0.29) is 23.7 Å². The van der Waals surface area contributed by atoms with Gasteiger partial charge in [0, 0.05) is 26.3 Å². The van der Waals surface area contributed by atoms with Crippen molar-refractivity contribution in [2.45, 2.75) is 65.1 Å². The number of thiazole rings is 1. The minimum Gasteiger partial charge on any atom is -0.391 e. The van der Waals surface area contributed by atoms with E-state index in [9.17, 15) is 14.7 Å². The third-order valence-corrected chi connectivity index (χ3v) is 7.31. The van der Waals surface area contributed by atoms with E-state index in [4.69, 9.17) is 12.2 Å².